The molecule has 1 heterocycles. The van der Waals surface area contributed by atoms with E-state index in [1.807, 2.05) is 60.7 Å². The highest BCUT2D eigenvalue weighted by molar-refractivity contribution is 6.04. The summed E-state index contributed by atoms with van der Waals surface area (Å²) < 4.78 is 0. The molecule has 29 heavy (non-hydrogen) atoms. The van der Waals surface area contributed by atoms with Crippen LogP contribution in [0, 0.1) is 0 Å². The van der Waals surface area contributed by atoms with Gasteiger partial charge in [0.25, 0.3) is 5.91 Å². The zero-order chi connectivity index (χ0) is 20.1. The van der Waals surface area contributed by atoms with Gasteiger partial charge in [0.2, 0.25) is 5.91 Å². The summed E-state index contributed by atoms with van der Waals surface area (Å²) in [6.45, 7) is 0. The van der Waals surface area contributed by atoms with E-state index in [0.717, 1.165) is 36.8 Å². The molecule has 0 unspecified atom stereocenters. The van der Waals surface area contributed by atoms with E-state index < -0.39 is 5.92 Å². The van der Waals surface area contributed by atoms with Crippen LogP contribution in [0.3, 0.4) is 0 Å². The van der Waals surface area contributed by atoms with Crippen LogP contribution in [0.2, 0.25) is 0 Å². The first-order chi connectivity index (χ1) is 14.2. The number of hydrogen-bond donors (Lipinski definition) is 3. The minimum Gasteiger partial charge on any atom is -0.348 e. The molecular formula is C23H24N4O2. The van der Waals surface area contributed by atoms with Crippen molar-refractivity contribution in [3.63, 3.8) is 0 Å². The zero-order valence-electron chi connectivity index (χ0n) is 16.1. The van der Waals surface area contributed by atoms with Crippen LogP contribution in [0.4, 0.5) is 5.69 Å². The molecule has 2 aromatic carbocycles. The smallest absolute Gasteiger partial charge is 0.274 e. The summed E-state index contributed by atoms with van der Waals surface area (Å²) in [6.07, 6.45) is 5.79. The van der Waals surface area contributed by atoms with Crippen molar-refractivity contribution >= 4 is 17.5 Å². The SMILES string of the molecule is O=C(NC1CCCC1)c1n[nH]cc1NC(=O)C(c1ccccc1)c1ccccc1. The molecular weight excluding hydrogens is 364 g/mol. The van der Waals surface area contributed by atoms with Crippen molar-refractivity contribution in [1.29, 1.82) is 0 Å². The summed E-state index contributed by atoms with van der Waals surface area (Å²) in [4.78, 5) is 25.9. The fourth-order valence-corrected chi connectivity index (χ4v) is 3.87. The van der Waals surface area contributed by atoms with Gasteiger partial charge in [0.15, 0.2) is 5.69 Å². The van der Waals surface area contributed by atoms with Crippen LogP contribution in [0.5, 0.6) is 0 Å². The molecule has 6 heteroatoms. The summed E-state index contributed by atoms with van der Waals surface area (Å²) >= 11 is 0. The molecule has 0 aliphatic heterocycles. The van der Waals surface area contributed by atoms with E-state index >= 15 is 0 Å². The highest BCUT2D eigenvalue weighted by atomic mass is 16.2. The molecule has 0 spiro atoms. The lowest BCUT2D eigenvalue weighted by molar-refractivity contribution is -0.116. The number of aromatic nitrogens is 2. The van der Waals surface area contributed by atoms with E-state index in [0.29, 0.717) is 5.69 Å². The lowest BCUT2D eigenvalue weighted by Gasteiger charge is -2.18. The maximum absolute atomic E-state index is 13.2. The third-order valence-corrected chi connectivity index (χ3v) is 5.33. The first kappa shape index (κ1) is 18.9. The van der Waals surface area contributed by atoms with Crippen molar-refractivity contribution in [1.82, 2.24) is 15.5 Å². The molecule has 0 radical (unpaired) electrons. The second-order valence-corrected chi connectivity index (χ2v) is 7.35. The largest absolute Gasteiger partial charge is 0.348 e. The van der Waals surface area contributed by atoms with Crippen LogP contribution in [0.25, 0.3) is 0 Å². The maximum Gasteiger partial charge on any atom is 0.274 e. The Hall–Kier alpha value is -3.41. The molecule has 3 aromatic rings. The third-order valence-electron chi connectivity index (χ3n) is 5.33. The van der Waals surface area contributed by atoms with Crippen molar-refractivity contribution in [3.8, 4) is 0 Å². The molecule has 148 valence electrons. The summed E-state index contributed by atoms with van der Waals surface area (Å²) in [6, 6.07) is 19.4. The van der Waals surface area contributed by atoms with Crippen LogP contribution >= 0.6 is 0 Å². The van der Waals surface area contributed by atoms with Gasteiger partial charge in [0, 0.05) is 12.2 Å². The first-order valence-electron chi connectivity index (χ1n) is 9.98. The summed E-state index contributed by atoms with van der Waals surface area (Å²) in [7, 11) is 0. The number of carbonyl (C=O) groups is 2. The lowest BCUT2D eigenvalue weighted by atomic mass is 9.90. The normalized spacial score (nSPS) is 14.1. The number of nitrogens with one attached hydrogen (secondary N) is 3. The molecule has 1 saturated carbocycles. The van der Waals surface area contributed by atoms with Gasteiger partial charge in [-0.3, -0.25) is 14.7 Å². The van der Waals surface area contributed by atoms with Crippen LogP contribution in [-0.4, -0.2) is 28.1 Å². The molecule has 1 aliphatic carbocycles. The number of rotatable bonds is 6. The summed E-state index contributed by atoms with van der Waals surface area (Å²) in [5.74, 6) is -0.957. The number of nitrogens with zero attached hydrogens (tertiary/aromatic N) is 1. The Balaban J connectivity index is 1.56. The molecule has 1 fully saturated rings. The fourth-order valence-electron chi connectivity index (χ4n) is 3.87. The zero-order valence-corrected chi connectivity index (χ0v) is 16.1. The molecule has 2 amide bonds. The maximum atomic E-state index is 13.2. The highest BCUT2D eigenvalue weighted by Gasteiger charge is 2.26. The van der Waals surface area contributed by atoms with Crippen molar-refractivity contribution < 1.29 is 9.59 Å². The topological polar surface area (TPSA) is 86.9 Å². The van der Waals surface area contributed by atoms with E-state index in [1.165, 1.54) is 0 Å². The van der Waals surface area contributed by atoms with Gasteiger partial charge in [0.1, 0.15) is 0 Å². The number of H-pyrrole nitrogens is 1. The first-order valence-corrected chi connectivity index (χ1v) is 9.98. The van der Waals surface area contributed by atoms with Gasteiger partial charge in [-0.1, -0.05) is 73.5 Å². The number of aromatic amines is 1. The minimum absolute atomic E-state index is 0.184. The standard InChI is InChI=1S/C23H24N4O2/c28-22(20(16-9-3-1-4-10-16)17-11-5-2-6-12-17)26-19-15-24-27-21(19)23(29)25-18-13-7-8-14-18/h1-6,9-12,15,18,20H,7-8,13-14H2,(H,24,27)(H,25,29)(H,26,28). The quantitative estimate of drug-likeness (QED) is 0.599. The van der Waals surface area contributed by atoms with E-state index in [-0.39, 0.29) is 23.6 Å². The molecule has 4 rings (SSSR count). The average Bonchev–Trinajstić information content (AvgIpc) is 3.42. The van der Waals surface area contributed by atoms with Crippen LogP contribution < -0.4 is 10.6 Å². The second kappa shape index (κ2) is 8.73. The Morgan fingerprint density at radius 2 is 1.52 bits per heavy atom. The molecule has 1 aromatic heterocycles. The molecule has 0 bridgehead atoms. The monoisotopic (exact) mass is 388 g/mol. The number of hydrogen-bond acceptors (Lipinski definition) is 3. The van der Waals surface area contributed by atoms with Gasteiger partial charge in [-0.05, 0) is 24.0 Å². The Labute approximate surface area is 169 Å². The van der Waals surface area contributed by atoms with Gasteiger partial charge >= 0.3 is 0 Å². The van der Waals surface area contributed by atoms with E-state index in [9.17, 15) is 9.59 Å². The van der Waals surface area contributed by atoms with Crippen molar-refractivity contribution in [3.05, 3.63) is 83.7 Å². The fraction of sp³-hybridized carbons (Fsp3) is 0.261. The van der Waals surface area contributed by atoms with Gasteiger partial charge < -0.3 is 10.6 Å². The predicted molar refractivity (Wildman–Crippen MR) is 112 cm³/mol. The Morgan fingerprint density at radius 1 is 0.931 bits per heavy atom. The third kappa shape index (κ3) is 4.37. The van der Waals surface area contributed by atoms with Gasteiger partial charge in [0.05, 0.1) is 11.6 Å². The Kier molecular flexibility index (Phi) is 5.70. The van der Waals surface area contributed by atoms with E-state index in [4.69, 9.17) is 0 Å². The Bertz CT molecular complexity index is 923. The molecule has 1 aliphatic rings. The number of carbonyl (C=O) groups excluding carboxylic acids is 2. The lowest BCUT2D eigenvalue weighted by Crippen LogP contribution is -2.33. The average molecular weight is 388 g/mol. The molecule has 0 atom stereocenters. The van der Waals surface area contributed by atoms with E-state index in [1.54, 1.807) is 6.20 Å². The van der Waals surface area contributed by atoms with E-state index in [2.05, 4.69) is 20.8 Å². The van der Waals surface area contributed by atoms with Crippen LogP contribution in [-0.2, 0) is 4.79 Å². The van der Waals surface area contributed by atoms with Gasteiger partial charge in [-0.25, -0.2) is 0 Å². The predicted octanol–water partition coefficient (Wildman–Crippen LogP) is 3.85. The van der Waals surface area contributed by atoms with Crippen molar-refractivity contribution in [2.24, 2.45) is 0 Å². The number of amides is 2. The summed E-state index contributed by atoms with van der Waals surface area (Å²) in [5, 5.41) is 12.7. The van der Waals surface area contributed by atoms with Crippen LogP contribution in [0.1, 0.15) is 53.2 Å². The van der Waals surface area contributed by atoms with Crippen LogP contribution in [0.15, 0.2) is 66.9 Å². The molecule has 6 nitrogen and oxygen atoms in total. The minimum atomic E-state index is -0.488. The summed E-state index contributed by atoms with van der Waals surface area (Å²) in [5.41, 5.74) is 2.38. The number of benzene rings is 2. The molecule has 0 saturated heterocycles. The molecule has 3 N–H and O–H groups in total. The van der Waals surface area contributed by atoms with Gasteiger partial charge in [-0.2, -0.15) is 5.10 Å². The van der Waals surface area contributed by atoms with Crippen molar-refractivity contribution in [2.45, 2.75) is 37.6 Å². The number of anilines is 1. The Morgan fingerprint density at radius 3 is 2.10 bits per heavy atom. The van der Waals surface area contributed by atoms with Gasteiger partial charge in [-0.15, -0.1) is 0 Å². The van der Waals surface area contributed by atoms with Crippen molar-refractivity contribution in [2.75, 3.05) is 5.32 Å². The second-order valence-electron chi connectivity index (χ2n) is 7.35. The highest BCUT2D eigenvalue weighted by Crippen LogP contribution is 2.27.